The quantitative estimate of drug-likeness (QED) is 0.467. The fourth-order valence-corrected chi connectivity index (χ4v) is 8.96. The van der Waals surface area contributed by atoms with Gasteiger partial charge in [-0.25, -0.2) is 4.79 Å². The number of rotatable bonds is 1. The van der Waals surface area contributed by atoms with Crippen molar-refractivity contribution in [2.24, 2.45) is 5.73 Å². The number of aryl methyl sites for hydroxylation is 2. The molecular formula is C33H35N5O2. The molecule has 0 bridgehead atoms. The van der Waals surface area contributed by atoms with E-state index in [1.165, 1.54) is 57.6 Å². The summed E-state index contributed by atoms with van der Waals surface area (Å²) in [4.78, 5) is 17.8. The standard InChI is InChI=1S/C33H35N5O2/c34-32(39)35-38-19-22-7-1-2-12-25(22)33(38)26-17-20-8-3-13-36-15-5-10-23(28(20)36)30(26)40-31-24-11-6-16-37-14-4-9-21(29(24)37)18-27(31)33/h1-2,7,12,17-18H,3-6,8-11,13-16,19H2,(H3,34,35,39). The lowest BCUT2D eigenvalue weighted by molar-refractivity contribution is 0.108. The maximum atomic E-state index is 12.6. The number of hydrazine groups is 1. The fraction of sp³-hybridized carbons (Fsp3) is 0.424. The van der Waals surface area contributed by atoms with Crippen molar-refractivity contribution in [3.63, 3.8) is 0 Å². The molecule has 0 saturated heterocycles. The van der Waals surface area contributed by atoms with Crippen LogP contribution in [0.4, 0.5) is 16.2 Å². The van der Waals surface area contributed by atoms with Gasteiger partial charge in [-0.1, -0.05) is 24.3 Å². The molecule has 6 aliphatic heterocycles. The van der Waals surface area contributed by atoms with E-state index < -0.39 is 11.6 Å². The molecule has 1 spiro atoms. The minimum atomic E-state index is -0.703. The molecule has 0 saturated carbocycles. The van der Waals surface area contributed by atoms with E-state index in [1.54, 1.807) is 0 Å². The molecule has 0 aromatic heterocycles. The van der Waals surface area contributed by atoms with Gasteiger partial charge in [0.15, 0.2) is 0 Å². The third kappa shape index (κ3) is 2.86. The molecule has 0 aliphatic carbocycles. The van der Waals surface area contributed by atoms with E-state index in [4.69, 9.17) is 10.5 Å². The maximum Gasteiger partial charge on any atom is 0.326 e. The molecular weight excluding hydrogens is 498 g/mol. The van der Waals surface area contributed by atoms with Gasteiger partial charge in [-0.15, -0.1) is 0 Å². The predicted molar refractivity (Wildman–Crippen MR) is 155 cm³/mol. The first kappa shape index (κ1) is 23.0. The Labute approximate surface area is 234 Å². The molecule has 0 fully saturated rings. The zero-order valence-electron chi connectivity index (χ0n) is 22.9. The normalized spacial score (nSPS) is 21.1. The Balaban J connectivity index is 1.42. The molecule has 6 aliphatic rings. The summed E-state index contributed by atoms with van der Waals surface area (Å²) in [5, 5.41) is 2.12. The first-order chi connectivity index (χ1) is 19.6. The van der Waals surface area contributed by atoms with E-state index in [0.717, 1.165) is 87.3 Å². The number of nitrogens with one attached hydrogen (secondary N) is 1. The van der Waals surface area contributed by atoms with Gasteiger partial charge in [-0.3, -0.25) is 5.43 Å². The molecule has 204 valence electrons. The number of anilines is 2. The summed E-state index contributed by atoms with van der Waals surface area (Å²) in [6.45, 7) is 5.06. The van der Waals surface area contributed by atoms with Crippen LogP contribution in [0.5, 0.6) is 11.5 Å². The van der Waals surface area contributed by atoms with Crippen LogP contribution in [-0.4, -0.2) is 37.2 Å². The first-order valence-corrected chi connectivity index (χ1v) is 15.1. The van der Waals surface area contributed by atoms with E-state index in [9.17, 15) is 4.79 Å². The predicted octanol–water partition coefficient (Wildman–Crippen LogP) is 4.88. The van der Waals surface area contributed by atoms with E-state index in [1.807, 2.05) is 0 Å². The van der Waals surface area contributed by atoms with Crippen molar-refractivity contribution >= 4 is 17.4 Å². The Hall–Kier alpha value is -3.71. The molecule has 3 aromatic rings. The van der Waals surface area contributed by atoms with Crippen LogP contribution < -0.4 is 25.7 Å². The maximum absolute atomic E-state index is 12.6. The van der Waals surface area contributed by atoms with Crippen LogP contribution in [0, 0.1) is 0 Å². The minimum Gasteiger partial charge on any atom is -0.456 e. The van der Waals surface area contributed by atoms with Crippen molar-refractivity contribution in [1.29, 1.82) is 0 Å². The van der Waals surface area contributed by atoms with Gasteiger partial charge in [0.1, 0.15) is 17.0 Å². The minimum absolute atomic E-state index is 0.530. The molecule has 7 nitrogen and oxygen atoms in total. The van der Waals surface area contributed by atoms with Gasteiger partial charge < -0.3 is 20.3 Å². The van der Waals surface area contributed by atoms with Gasteiger partial charge in [-0.2, -0.15) is 5.01 Å². The van der Waals surface area contributed by atoms with Crippen LogP contribution in [0.1, 0.15) is 70.2 Å². The van der Waals surface area contributed by atoms with Crippen molar-refractivity contribution in [3.8, 4) is 11.5 Å². The molecule has 0 radical (unpaired) electrons. The number of primary amides is 1. The van der Waals surface area contributed by atoms with Gasteiger partial charge >= 0.3 is 6.03 Å². The number of benzene rings is 3. The number of hydrogen-bond donors (Lipinski definition) is 2. The number of ether oxygens (including phenoxy) is 1. The second kappa shape index (κ2) is 8.16. The van der Waals surface area contributed by atoms with Crippen LogP contribution in [0.15, 0.2) is 36.4 Å². The summed E-state index contributed by atoms with van der Waals surface area (Å²) in [6.07, 6.45) is 8.80. The van der Waals surface area contributed by atoms with Gasteiger partial charge in [0, 0.05) is 66.4 Å². The first-order valence-electron chi connectivity index (χ1n) is 15.1. The summed E-state index contributed by atoms with van der Waals surface area (Å²) in [5.41, 5.74) is 21.4. The van der Waals surface area contributed by atoms with Crippen LogP contribution in [0.2, 0.25) is 0 Å². The Morgan fingerprint density at radius 2 is 1.30 bits per heavy atom. The van der Waals surface area contributed by atoms with Crippen LogP contribution in [0.25, 0.3) is 0 Å². The zero-order valence-corrected chi connectivity index (χ0v) is 22.9. The number of nitrogens with zero attached hydrogens (tertiary/aromatic N) is 3. The highest BCUT2D eigenvalue weighted by Gasteiger charge is 2.56. The van der Waals surface area contributed by atoms with Crippen molar-refractivity contribution < 1.29 is 9.53 Å². The van der Waals surface area contributed by atoms with Gasteiger partial charge in [0.25, 0.3) is 0 Å². The number of nitrogens with two attached hydrogens (primary N) is 1. The number of amides is 2. The lowest BCUT2D eigenvalue weighted by Gasteiger charge is -2.48. The summed E-state index contributed by atoms with van der Waals surface area (Å²) in [6, 6.07) is 13.0. The lowest BCUT2D eigenvalue weighted by atomic mass is 9.71. The van der Waals surface area contributed by atoms with Crippen LogP contribution in [-0.2, 0) is 37.8 Å². The molecule has 3 aromatic carbocycles. The van der Waals surface area contributed by atoms with Gasteiger partial charge in [-0.05, 0) is 85.8 Å². The fourth-order valence-electron chi connectivity index (χ4n) is 8.96. The third-order valence-corrected chi connectivity index (χ3v) is 10.3. The van der Waals surface area contributed by atoms with E-state index in [-0.39, 0.29) is 0 Å². The molecule has 2 amide bonds. The Bertz CT molecular complexity index is 1530. The SMILES string of the molecule is NC(=O)NN1Cc2ccccc2C12c1cc3c4c(c1Oc1c2cc2c5c1CCCN5CCC2)CCCN4CCC3. The highest BCUT2D eigenvalue weighted by Crippen LogP contribution is 2.62. The van der Waals surface area contributed by atoms with Crippen molar-refractivity contribution in [1.82, 2.24) is 10.4 Å². The average molecular weight is 534 g/mol. The second-order valence-electron chi connectivity index (χ2n) is 12.4. The molecule has 0 unspecified atom stereocenters. The second-order valence-corrected chi connectivity index (χ2v) is 12.4. The van der Waals surface area contributed by atoms with Crippen LogP contribution >= 0.6 is 0 Å². The Morgan fingerprint density at radius 3 is 1.88 bits per heavy atom. The average Bonchev–Trinajstić information content (AvgIpc) is 3.28. The van der Waals surface area contributed by atoms with E-state index >= 15 is 0 Å². The monoisotopic (exact) mass is 533 g/mol. The Morgan fingerprint density at radius 1 is 0.750 bits per heavy atom. The van der Waals surface area contributed by atoms with Crippen molar-refractivity contribution in [2.75, 3.05) is 36.0 Å². The molecule has 9 rings (SSSR count). The van der Waals surface area contributed by atoms with Crippen molar-refractivity contribution in [2.45, 2.75) is 63.5 Å². The lowest BCUT2D eigenvalue weighted by Crippen LogP contribution is -2.55. The highest BCUT2D eigenvalue weighted by molar-refractivity contribution is 5.80. The molecule has 7 heteroatoms. The van der Waals surface area contributed by atoms with Crippen molar-refractivity contribution in [3.05, 3.63) is 80.9 Å². The molecule has 40 heavy (non-hydrogen) atoms. The summed E-state index contributed by atoms with van der Waals surface area (Å²) < 4.78 is 7.25. The zero-order chi connectivity index (χ0) is 26.6. The number of urea groups is 1. The summed E-state index contributed by atoms with van der Waals surface area (Å²) in [7, 11) is 0. The third-order valence-electron chi connectivity index (χ3n) is 10.3. The molecule has 3 N–H and O–H groups in total. The highest BCUT2D eigenvalue weighted by atomic mass is 16.5. The number of carbonyl (C=O) groups excluding carboxylic acids is 1. The smallest absolute Gasteiger partial charge is 0.326 e. The summed E-state index contributed by atoms with van der Waals surface area (Å²) in [5.74, 6) is 2.02. The van der Waals surface area contributed by atoms with E-state index in [2.05, 4.69) is 56.6 Å². The number of fused-ring (bicyclic) bond motifs is 8. The number of hydrogen-bond acceptors (Lipinski definition) is 5. The van der Waals surface area contributed by atoms with Crippen LogP contribution in [0.3, 0.4) is 0 Å². The molecule has 0 atom stereocenters. The number of carbonyl (C=O) groups is 1. The molecule has 6 heterocycles. The summed E-state index contributed by atoms with van der Waals surface area (Å²) >= 11 is 0. The van der Waals surface area contributed by atoms with Gasteiger partial charge in [0.2, 0.25) is 0 Å². The van der Waals surface area contributed by atoms with Gasteiger partial charge in [0.05, 0.1) is 0 Å². The largest absolute Gasteiger partial charge is 0.456 e. The topological polar surface area (TPSA) is 74.1 Å². The van der Waals surface area contributed by atoms with E-state index in [0.29, 0.717) is 6.54 Å². The Kier molecular flexibility index (Phi) is 4.70.